The Balaban J connectivity index is 1.79. The van der Waals surface area contributed by atoms with E-state index in [0.29, 0.717) is 6.61 Å². The van der Waals surface area contributed by atoms with Crippen LogP contribution in [0.4, 0.5) is 0 Å². The summed E-state index contributed by atoms with van der Waals surface area (Å²) in [7, 11) is 0. The average molecular weight is 238 g/mol. The number of fused-ring (bicyclic) bond motifs is 1. The summed E-state index contributed by atoms with van der Waals surface area (Å²) < 4.78 is 11.4. The Labute approximate surface area is 106 Å². The fraction of sp³-hybridized carbons (Fsp3) is 0.125. The van der Waals surface area contributed by atoms with Crippen LogP contribution in [0.15, 0.2) is 59.0 Å². The maximum absolute atomic E-state index is 5.72. The summed E-state index contributed by atoms with van der Waals surface area (Å²) in [6, 6.07) is 17.9. The summed E-state index contributed by atoms with van der Waals surface area (Å²) in [6.45, 7) is 2.53. The van der Waals surface area contributed by atoms with E-state index in [2.05, 4.69) is 13.0 Å². The standard InChI is InChI=1S/C16H14O2/c1-12-7-8-16-13(9-12)10-15(18-16)11-17-14-5-3-2-4-6-14/h2-10H,11H2,1H3. The van der Waals surface area contributed by atoms with Crippen molar-refractivity contribution in [2.45, 2.75) is 13.5 Å². The number of furan rings is 1. The Hall–Kier alpha value is -2.22. The van der Waals surface area contributed by atoms with Crippen molar-refractivity contribution < 1.29 is 9.15 Å². The third-order valence-corrected chi connectivity index (χ3v) is 2.85. The minimum Gasteiger partial charge on any atom is -0.486 e. The first-order valence-corrected chi connectivity index (χ1v) is 5.98. The van der Waals surface area contributed by atoms with Crippen molar-refractivity contribution >= 4 is 11.0 Å². The van der Waals surface area contributed by atoms with Crippen LogP contribution < -0.4 is 4.74 Å². The fourth-order valence-corrected chi connectivity index (χ4v) is 1.96. The van der Waals surface area contributed by atoms with Gasteiger partial charge in [-0.05, 0) is 37.3 Å². The Bertz CT molecular complexity index is 653. The van der Waals surface area contributed by atoms with Gasteiger partial charge in [0.25, 0.3) is 0 Å². The zero-order valence-electron chi connectivity index (χ0n) is 10.2. The number of benzene rings is 2. The van der Waals surface area contributed by atoms with Crippen LogP contribution in [0.2, 0.25) is 0 Å². The first-order valence-electron chi connectivity index (χ1n) is 5.98. The monoisotopic (exact) mass is 238 g/mol. The summed E-state index contributed by atoms with van der Waals surface area (Å²) in [4.78, 5) is 0. The van der Waals surface area contributed by atoms with E-state index in [0.717, 1.165) is 22.5 Å². The molecule has 0 amide bonds. The minimum absolute atomic E-state index is 0.456. The highest BCUT2D eigenvalue weighted by Gasteiger charge is 2.04. The van der Waals surface area contributed by atoms with Gasteiger partial charge in [0.2, 0.25) is 0 Å². The molecule has 0 N–H and O–H groups in total. The highest BCUT2D eigenvalue weighted by Crippen LogP contribution is 2.21. The highest BCUT2D eigenvalue weighted by molar-refractivity contribution is 5.78. The maximum atomic E-state index is 5.72. The first kappa shape index (κ1) is 10.9. The Kier molecular flexibility index (Phi) is 2.77. The van der Waals surface area contributed by atoms with Crippen molar-refractivity contribution in [3.05, 3.63) is 65.9 Å². The molecule has 0 unspecified atom stereocenters. The molecule has 2 heteroatoms. The minimum atomic E-state index is 0.456. The lowest BCUT2D eigenvalue weighted by molar-refractivity contribution is 0.274. The molecule has 90 valence electrons. The molecule has 0 aliphatic carbocycles. The molecule has 0 saturated heterocycles. The lowest BCUT2D eigenvalue weighted by Gasteiger charge is -2.02. The Morgan fingerprint density at radius 1 is 1.00 bits per heavy atom. The van der Waals surface area contributed by atoms with Crippen molar-refractivity contribution in [1.29, 1.82) is 0 Å². The predicted molar refractivity (Wildman–Crippen MR) is 71.7 cm³/mol. The van der Waals surface area contributed by atoms with E-state index in [-0.39, 0.29) is 0 Å². The van der Waals surface area contributed by atoms with Gasteiger partial charge in [0.15, 0.2) is 0 Å². The topological polar surface area (TPSA) is 22.4 Å². The lowest BCUT2D eigenvalue weighted by atomic mass is 10.2. The largest absolute Gasteiger partial charge is 0.486 e. The SMILES string of the molecule is Cc1ccc2oc(COc3ccccc3)cc2c1. The van der Waals surface area contributed by atoms with Gasteiger partial charge < -0.3 is 9.15 Å². The van der Waals surface area contributed by atoms with Crippen molar-refractivity contribution in [1.82, 2.24) is 0 Å². The van der Waals surface area contributed by atoms with E-state index >= 15 is 0 Å². The summed E-state index contributed by atoms with van der Waals surface area (Å²) in [5, 5.41) is 1.13. The van der Waals surface area contributed by atoms with Gasteiger partial charge in [0.1, 0.15) is 23.7 Å². The van der Waals surface area contributed by atoms with E-state index in [1.807, 2.05) is 48.5 Å². The van der Waals surface area contributed by atoms with Crippen LogP contribution in [0.25, 0.3) is 11.0 Å². The molecule has 2 nitrogen and oxygen atoms in total. The molecule has 0 atom stereocenters. The molecular formula is C16H14O2. The van der Waals surface area contributed by atoms with Crippen LogP contribution in [0, 0.1) is 6.92 Å². The van der Waals surface area contributed by atoms with Gasteiger partial charge in [-0.1, -0.05) is 29.8 Å². The van der Waals surface area contributed by atoms with E-state index in [1.54, 1.807) is 0 Å². The normalized spacial score (nSPS) is 10.7. The molecule has 0 aliphatic heterocycles. The molecular weight excluding hydrogens is 224 g/mol. The van der Waals surface area contributed by atoms with Gasteiger partial charge in [-0.15, -0.1) is 0 Å². The maximum Gasteiger partial charge on any atom is 0.146 e. The second-order valence-corrected chi connectivity index (χ2v) is 4.36. The van der Waals surface area contributed by atoms with Gasteiger partial charge in [0.05, 0.1) is 0 Å². The van der Waals surface area contributed by atoms with Gasteiger partial charge >= 0.3 is 0 Å². The number of rotatable bonds is 3. The zero-order chi connectivity index (χ0) is 12.4. The quantitative estimate of drug-likeness (QED) is 0.678. The zero-order valence-corrected chi connectivity index (χ0v) is 10.2. The third-order valence-electron chi connectivity index (χ3n) is 2.85. The summed E-state index contributed by atoms with van der Waals surface area (Å²) in [6.07, 6.45) is 0. The average Bonchev–Trinajstić information content (AvgIpc) is 2.79. The molecule has 0 spiro atoms. The Morgan fingerprint density at radius 2 is 1.83 bits per heavy atom. The molecule has 0 bridgehead atoms. The van der Waals surface area contributed by atoms with Crippen molar-refractivity contribution in [3.8, 4) is 5.75 Å². The number of hydrogen-bond donors (Lipinski definition) is 0. The molecule has 3 aromatic rings. The highest BCUT2D eigenvalue weighted by atomic mass is 16.5. The van der Waals surface area contributed by atoms with Crippen LogP contribution in [0.1, 0.15) is 11.3 Å². The summed E-state index contributed by atoms with van der Waals surface area (Å²) in [5.41, 5.74) is 2.14. The van der Waals surface area contributed by atoms with Crippen LogP contribution in [-0.2, 0) is 6.61 Å². The molecule has 0 radical (unpaired) electrons. The van der Waals surface area contributed by atoms with E-state index in [1.165, 1.54) is 5.56 Å². The van der Waals surface area contributed by atoms with Gasteiger partial charge in [-0.2, -0.15) is 0 Å². The molecule has 18 heavy (non-hydrogen) atoms. The smallest absolute Gasteiger partial charge is 0.146 e. The first-order chi connectivity index (χ1) is 8.81. The van der Waals surface area contributed by atoms with Crippen molar-refractivity contribution in [3.63, 3.8) is 0 Å². The second-order valence-electron chi connectivity index (χ2n) is 4.36. The lowest BCUT2D eigenvalue weighted by Crippen LogP contribution is -1.92. The molecule has 1 heterocycles. The van der Waals surface area contributed by atoms with E-state index in [9.17, 15) is 0 Å². The number of hydrogen-bond acceptors (Lipinski definition) is 2. The number of para-hydroxylation sites is 1. The van der Waals surface area contributed by atoms with Crippen LogP contribution >= 0.6 is 0 Å². The Morgan fingerprint density at radius 3 is 2.67 bits per heavy atom. The number of aryl methyl sites for hydroxylation is 1. The molecule has 0 aliphatic rings. The predicted octanol–water partition coefficient (Wildman–Crippen LogP) is 4.32. The van der Waals surface area contributed by atoms with Crippen LogP contribution in [-0.4, -0.2) is 0 Å². The fourth-order valence-electron chi connectivity index (χ4n) is 1.96. The van der Waals surface area contributed by atoms with Gasteiger partial charge in [-0.25, -0.2) is 0 Å². The van der Waals surface area contributed by atoms with E-state index < -0.39 is 0 Å². The number of ether oxygens (including phenoxy) is 1. The van der Waals surface area contributed by atoms with Crippen molar-refractivity contribution in [2.24, 2.45) is 0 Å². The summed E-state index contributed by atoms with van der Waals surface area (Å²) in [5.74, 6) is 1.70. The third kappa shape index (κ3) is 2.23. The van der Waals surface area contributed by atoms with Gasteiger partial charge in [0, 0.05) is 5.39 Å². The molecule has 0 fully saturated rings. The molecule has 0 saturated carbocycles. The molecule has 1 aromatic heterocycles. The summed E-state index contributed by atoms with van der Waals surface area (Å²) >= 11 is 0. The second kappa shape index (κ2) is 4.57. The van der Waals surface area contributed by atoms with E-state index in [4.69, 9.17) is 9.15 Å². The van der Waals surface area contributed by atoms with Crippen LogP contribution in [0.3, 0.4) is 0 Å². The molecule has 3 rings (SSSR count). The van der Waals surface area contributed by atoms with Crippen molar-refractivity contribution in [2.75, 3.05) is 0 Å². The van der Waals surface area contributed by atoms with Crippen LogP contribution in [0.5, 0.6) is 5.75 Å². The molecule has 2 aromatic carbocycles. The van der Waals surface area contributed by atoms with Gasteiger partial charge in [-0.3, -0.25) is 0 Å².